The fourth-order valence-electron chi connectivity index (χ4n) is 1.68. The Bertz CT molecular complexity index is 560. The van der Waals surface area contributed by atoms with Gasteiger partial charge in [0.2, 0.25) is 5.88 Å². The minimum atomic E-state index is -0.686. The molecule has 1 atom stereocenters. The van der Waals surface area contributed by atoms with Gasteiger partial charge in [0.15, 0.2) is 0 Å². The van der Waals surface area contributed by atoms with E-state index in [0.717, 1.165) is 10.0 Å². The second kappa shape index (κ2) is 6.32. The number of ether oxygens (including phenoxy) is 1. The molecule has 1 N–H and O–H groups in total. The topological polar surface area (TPSA) is 55.2 Å². The second-order valence-electron chi connectivity index (χ2n) is 3.97. The van der Waals surface area contributed by atoms with E-state index >= 15 is 0 Å². The Morgan fingerprint density at radius 2 is 2.11 bits per heavy atom. The fourth-order valence-corrected chi connectivity index (χ4v) is 2.57. The van der Waals surface area contributed by atoms with Gasteiger partial charge in [-0.25, -0.2) is 9.97 Å². The van der Waals surface area contributed by atoms with Crippen LogP contribution in [0.15, 0.2) is 35.1 Å². The van der Waals surface area contributed by atoms with Gasteiger partial charge in [0.25, 0.3) is 0 Å². The van der Waals surface area contributed by atoms with E-state index in [1.807, 2.05) is 6.07 Å². The quantitative estimate of drug-likeness (QED) is 0.926. The van der Waals surface area contributed by atoms with E-state index in [4.69, 9.17) is 16.3 Å². The van der Waals surface area contributed by atoms with Crippen LogP contribution in [0.5, 0.6) is 5.88 Å². The van der Waals surface area contributed by atoms with Crippen LogP contribution in [0.3, 0.4) is 0 Å². The molecule has 0 aliphatic heterocycles. The Hall–Kier alpha value is -1.17. The van der Waals surface area contributed by atoms with Gasteiger partial charge in [-0.3, -0.25) is 0 Å². The van der Waals surface area contributed by atoms with Gasteiger partial charge in [0, 0.05) is 22.0 Å². The average molecular weight is 344 g/mol. The monoisotopic (exact) mass is 342 g/mol. The van der Waals surface area contributed by atoms with Crippen LogP contribution in [0.4, 0.5) is 0 Å². The third kappa shape index (κ3) is 3.89. The smallest absolute Gasteiger partial charge is 0.216 e. The molecule has 1 unspecified atom stereocenters. The summed E-state index contributed by atoms with van der Waals surface area (Å²) >= 11 is 9.31. The zero-order valence-electron chi connectivity index (χ0n) is 10.2. The summed E-state index contributed by atoms with van der Waals surface area (Å²) in [5.74, 6) is 0.476. The van der Waals surface area contributed by atoms with E-state index in [1.165, 1.54) is 13.4 Å². The lowest BCUT2D eigenvalue weighted by atomic mass is 10.0. The van der Waals surface area contributed by atoms with Crippen molar-refractivity contribution in [1.82, 2.24) is 9.97 Å². The van der Waals surface area contributed by atoms with E-state index in [0.29, 0.717) is 23.0 Å². The molecule has 1 heterocycles. The number of aromatic nitrogens is 2. The van der Waals surface area contributed by atoms with Crippen LogP contribution >= 0.6 is 27.5 Å². The van der Waals surface area contributed by atoms with Crippen LogP contribution in [-0.4, -0.2) is 22.2 Å². The maximum atomic E-state index is 10.2. The number of rotatable bonds is 4. The number of hydrogen-bond donors (Lipinski definition) is 1. The zero-order chi connectivity index (χ0) is 13.8. The number of halogens is 2. The van der Waals surface area contributed by atoms with E-state index in [-0.39, 0.29) is 0 Å². The molecule has 100 valence electrons. The second-order valence-corrected chi connectivity index (χ2v) is 5.33. The maximum absolute atomic E-state index is 10.2. The number of benzene rings is 1. The molecular weight excluding hydrogens is 332 g/mol. The highest BCUT2D eigenvalue weighted by Crippen LogP contribution is 2.25. The first-order valence-electron chi connectivity index (χ1n) is 5.57. The van der Waals surface area contributed by atoms with Crippen molar-refractivity contribution in [2.75, 3.05) is 7.11 Å². The Balaban J connectivity index is 2.17. The first kappa shape index (κ1) is 14.2. The normalized spacial score (nSPS) is 12.2. The van der Waals surface area contributed by atoms with Crippen molar-refractivity contribution in [2.24, 2.45) is 0 Å². The van der Waals surface area contributed by atoms with Crippen molar-refractivity contribution in [2.45, 2.75) is 12.5 Å². The first-order chi connectivity index (χ1) is 9.08. The molecule has 0 saturated carbocycles. The number of nitrogens with zero attached hydrogens (tertiary/aromatic N) is 2. The average Bonchev–Trinajstić information content (AvgIpc) is 2.37. The lowest BCUT2D eigenvalue weighted by Crippen LogP contribution is -2.04. The largest absolute Gasteiger partial charge is 0.481 e. The van der Waals surface area contributed by atoms with Crippen LogP contribution in [-0.2, 0) is 6.42 Å². The van der Waals surface area contributed by atoms with E-state index in [2.05, 4.69) is 25.9 Å². The molecule has 0 aliphatic rings. The molecule has 0 radical (unpaired) electrons. The lowest BCUT2D eigenvalue weighted by Gasteiger charge is -2.12. The highest BCUT2D eigenvalue weighted by molar-refractivity contribution is 9.10. The summed E-state index contributed by atoms with van der Waals surface area (Å²) in [7, 11) is 1.54. The van der Waals surface area contributed by atoms with Gasteiger partial charge in [-0.2, -0.15) is 0 Å². The summed E-state index contributed by atoms with van der Waals surface area (Å²) in [5, 5.41) is 10.8. The SMILES string of the molecule is COc1cc(CC(O)c2cc(Cl)cc(Br)c2)ncn1. The minimum Gasteiger partial charge on any atom is -0.481 e. The third-order valence-corrected chi connectivity index (χ3v) is 3.26. The van der Waals surface area contributed by atoms with Crippen LogP contribution in [0.2, 0.25) is 5.02 Å². The van der Waals surface area contributed by atoms with Crippen molar-refractivity contribution in [3.05, 3.63) is 51.3 Å². The molecular formula is C13H12BrClN2O2. The van der Waals surface area contributed by atoms with Crippen LogP contribution in [0.1, 0.15) is 17.4 Å². The van der Waals surface area contributed by atoms with E-state index in [1.54, 1.807) is 18.2 Å². The molecule has 0 spiro atoms. The number of aliphatic hydroxyl groups excluding tert-OH is 1. The Labute approximate surface area is 124 Å². The van der Waals surface area contributed by atoms with Crippen molar-refractivity contribution >= 4 is 27.5 Å². The Morgan fingerprint density at radius 1 is 1.32 bits per heavy atom. The van der Waals surface area contributed by atoms with Crippen LogP contribution in [0, 0.1) is 0 Å². The van der Waals surface area contributed by atoms with Crippen molar-refractivity contribution in [3.63, 3.8) is 0 Å². The summed E-state index contributed by atoms with van der Waals surface area (Å²) in [4.78, 5) is 8.02. The van der Waals surface area contributed by atoms with Crippen molar-refractivity contribution < 1.29 is 9.84 Å². The summed E-state index contributed by atoms with van der Waals surface area (Å²) in [6.45, 7) is 0. The molecule has 19 heavy (non-hydrogen) atoms. The van der Waals surface area contributed by atoms with Gasteiger partial charge in [-0.1, -0.05) is 27.5 Å². The predicted molar refractivity (Wildman–Crippen MR) is 76.4 cm³/mol. The van der Waals surface area contributed by atoms with Crippen molar-refractivity contribution in [3.8, 4) is 5.88 Å². The third-order valence-electron chi connectivity index (χ3n) is 2.58. The zero-order valence-corrected chi connectivity index (χ0v) is 12.5. The Kier molecular flexibility index (Phi) is 4.74. The van der Waals surface area contributed by atoms with Gasteiger partial charge in [-0.05, 0) is 23.8 Å². The van der Waals surface area contributed by atoms with Gasteiger partial charge in [-0.15, -0.1) is 0 Å². The summed E-state index contributed by atoms with van der Waals surface area (Å²) in [5.41, 5.74) is 1.44. The molecule has 2 aromatic rings. The Morgan fingerprint density at radius 3 is 2.79 bits per heavy atom. The summed E-state index contributed by atoms with van der Waals surface area (Å²) in [6.07, 6.45) is 1.09. The van der Waals surface area contributed by atoms with Gasteiger partial charge in [0.05, 0.1) is 18.9 Å². The molecule has 6 heteroatoms. The molecule has 0 aliphatic carbocycles. The van der Waals surface area contributed by atoms with Crippen LogP contribution < -0.4 is 4.74 Å². The molecule has 1 aromatic heterocycles. The molecule has 0 saturated heterocycles. The van der Waals surface area contributed by atoms with E-state index in [9.17, 15) is 5.11 Å². The minimum absolute atomic E-state index is 0.367. The van der Waals surface area contributed by atoms with Gasteiger partial charge >= 0.3 is 0 Å². The fraction of sp³-hybridized carbons (Fsp3) is 0.231. The van der Waals surface area contributed by atoms with Crippen LogP contribution in [0.25, 0.3) is 0 Å². The summed E-state index contributed by atoms with van der Waals surface area (Å²) < 4.78 is 5.85. The lowest BCUT2D eigenvalue weighted by molar-refractivity contribution is 0.177. The molecule has 2 rings (SSSR count). The molecule has 0 fully saturated rings. The molecule has 0 bridgehead atoms. The number of hydrogen-bond acceptors (Lipinski definition) is 4. The highest BCUT2D eigenvalue weighted by Gasteiger charge is 2.12. The van der Waals surface area contributed by atoms with Crippen molar-refractivity contribution in [1.29, 1.82) is 0 Å². The number of aliphatic hydroxyl groups is 1. The highest BCUT2D eigenvalue weighted by atomic mass is 79.9. The van der Waals surface area contributed by atoms with E-state index < -0.39 is 6.10 Å². The predicted octanol–water partition coefficient (Wildman–Crippen LogP) is 3.18. The molecule has 1 aromatic carbocycles. The van der Waals surface area contributed by atoms with Gasteiger partial charge in [0.1, 0.15) is 6.33 Å². The molecule has 4 nitrogen and oxygen atoms in total. The molecule has 0 amide bonds. The number of methoxy groups -OCH3 is 1. The maximum Gasteiger partial charge on any atom is 0.216 e. The first-order valence-corrected chi connectivity index (χ1v) is 6.74. The van der Waals surface area contributed by atoms with Gasteiger partial charge < -0.3 is 9.84 Å². The standard InChI is InChI=1S/C13H12BrClN2O2/c1-19-13-6-11(16-7-17-13)5-12(18)8-2-9(14)4-10(15)3-8/h2-4,6-7,12,18H,5H2,1H3. The summed E-state index contributed by atoms with van der Waals surface area (Å²) in [6, 6.07) is 7.03.